The second-order valence-electron chi connectivity index (χ2n) is 6.21. The zero-order chi connectivity index (χ0) is 15.7. The molecule has 0 aliphatic rings. The molecule has 1 rings (SSSR count). The van der Waals surface area contributed by atoms with E-state index in [0.717, 1.165) is 6.42 Å². The number of unbranched alkanes of at least 4 members (excludes halogenated alkanes) is 12. The van der Waals surface area contributed by atoms with Crippen LogP contribution < -0.4 is 17.0 Å². The van der Waals surface area contributed by atoms with Crippen molar-refractivity contribution < 1.29 is 22.5 Å². The molecule has 24 heavy (non-hydrogen) atoms. The molecule has 0 saturated heterocycles. The lowest BCUT2D eigenvalue weighted by molar-refractivity contribution is -0.583. The number of nitrogens with zero attached hydrogens (tertiary/aromatic N) is 1. The van der Waals surface area contributed by atoms with Crippen LogP contribution in [0.1, 0.15) is 90.4 Å². The minimum Gasteiger partial charge on any atom is -1.00 e. The molecule has 2 nitrogen and oxygen atoms in total. The average Bonchev–Trinajstić information content (AvgIpc) is 2.56. The van der Waals surface area contributed by atoms with E-state index < -0.39 is 0 Å². The van der Waals surface area contributed by atoms with E-state index >= 15 is 0 Å². The molecule has 0 unspecified atom stereocenters. The lowest BCUT2D eigenvalue weighted by Crippen LogP contribution is -3.00. The average molecular weight is 354 g/mol. The fourth-order valence-electron chi connectivity index (χ4n) is 2.67. The summed E-state index contributed by atoms with van der Waals surface area (Å²) < 4.78 is 1.93. The Morgan fingerprint density at radius 2 is 1.12 bits per heavy atom. The van der Waals surface area contributed by atoms with E-state index in [1.807, 2.05) is 35.2 Å². The van der Waals surface area contributed by atoms with Gasteiger partial charge in [-0.1, -0.05) is 83.6 Å². The van der Waals surface area contributed by atoms with Gasteiger partial charge in [0, 0.05) is 18.6 Å². The fourth-order valence-corrected chi connectivity index (χ4v) is 2.67. The predicted octanol–water partition coefficient (Wildman–Crippen LogP) is 2.05. The number of hydrogen-bond donors (Lipinski definition) is 0. The molecule has 0 aliphatic heterocycles. The number of halogens is 1. The first kappa shape index (κ1) is 25.2. The second-order valence-corrected chi connectivity index (χ2v) is 6.21. The van der Waals surface area contributed by atoms with Crippen LogP contribution in [0.2, 0.25) is 0 Å². The van der Waals surface area contributed by atoms with Gasteiger partial charge in [0.2, 0.25) is 6.04 Å². The summed E-state index contributed by atoms with van der Waals surface area (Å²) in [5, 5.41) is 0. The van der Waals surface area contributed by atoms with Gasteiger partial charge in [0.15, 0.2) is 12.4 Å². The van der Waals surface area contributed by atoms with Gasteiger partial charge in [-0.05, 0) is 12.3 Å². The van der Waals surface area contributed by atoms with Crippen molar-refractivity contribution in [2.75, 3.05) is 0 Å². The van der Waals surface area contributed by atoms with E-state index in [4.69, 9.17) is 0 Å². The smallest absolute Gasteiger partial charge is 0.228 e. The molecular formula is C21H36ClNO. The van der Waals surface area contributed by atoms with Crippen molar-refractivity contribution in [2.24, 2.45) is 0 Å². The Bertz CT molecular complexity index is 411. The summed E-state index contributed by atoms with van der Waals surface area (Å²) in [6.45, 7) is 2.28. The summed E-state index contributed by atoms with van der Waals surface area (Å²) in [4.78, 5) is 0. The molecule has 0 aliphatic carbocycles. The van der Waals surface area contributed by atoms with Crippen LogP contribution in [0.15, 0.2) is 30.6 Å². The Labute approximate surface area is 155 Å². The summed E-state index contributed by atoms with van der Waals surface area (Å²) in [5.74, 6) is 3.25. The van der Waals surface area contributed by atoms with Crippen molar-refractivity contribution >= 4 is 0 Å². The third-order valence-corrected chi connectivity index (χ3v) is 4.08. The minimum atomic E-state index is 0. The lowest BCUT2D eigenvalue weighted by atomic mass is 10.0. The largest absolute Gasteiger partial charge is 1.00 e. The van der Waals surface area contributed by atoms with E-state index in [9.17, 15) is 0 Å². The number of rotatable bonds is 12. The highest BCUT2D eigenvalue weighted by Gasteiger charge is 1.93. The van der Waals surface area contributed by atoms with E-state index in [1.54, 1.807) is 0 Å². The molecule has 0 atom stereocenters. The molecule has 0 bridgehead atoms. The summed E-state index contributed by atoms with van der Waals surface area (Å²) >= 11 is 0. The Balaban J connectivity index is 0. The number of hydrogen-bond acceptors (Lipinski definition) is 0. The van der Waals surface area contributed by atoms with Crippen molar-refractivity contribution in [1.29, 1.82) is 0 Å². The van der Waals surface area contributed by atoms with Crippen molar-refractivity contribution in [2.45, 2.75) is 90.4 Å². The fraction of sp³-hybridized carbons (Fsp3) is 0.667. The first-order valence-electron chi connectivity index (χ1n) is 9.38. The highest BCUT2D eigenvalue weighted by atomic mass is 35.5. The van der Waals surface area contributed by atoms with Gasteiger partial charge in [-0.3, -0.25) is 0 Å². The van der Waals surface area contributed by atoms with Gasteiger partial charge in [-0.2, -0.15) is 0 Å². The lowest BCUT2D eigenvalue weighted by Gasteiger charge is -2.01. The molecule has 1 aromatic heterocycles. The highest BCUT2D eigenvalue weighted by Crippen LogP contribution is 2.12. The van der Waals surface area contributed by atoms with Gasteiger partial charge in [-0.15, -0.1) is 4.57 Å². The second kappa shape index (κ2) is 20.0. The number of pyridine rings is 1. The van der Waals surface area contributed by atoms with Crippen LogP contribution in [0.3, 0.4) is 0 Å². The van der Waals surface area contributed by atoms with Crippen molar-refractivity contribution in [3.05, 3.63) is 30.6 Å². The maximum Gasteiger partial charge on any atom is 0.228 e. The molecule has 2 N–H and O–H groups in total. The zero-order valence-electron chi connectivity index (χ0n) is 15.4. The van der Waals surface area contributed by atoms with Crippen LogP contribution in [0.4, 0.5) is 0 Å². The van der Waals surface area contributed by atoms with E-state index in [-0.39, 0.29) is 17.9 Å². The molecule has 0 fully saturated rings. The molecule has 0 radical (unpaired) electrons. The molecule has 0 saturated carbocycles. The summed E-state index contributed by atoms with van der Waals surface area (Å²) in [6, 6.07) is 9.19. The van der Waals surface area contributed by atoms with Crippen molar-refractivity contribution in [3.8, 4) is 12.0 Å². The molecule has 1 aromatic rings. The molecule has 0 spiro atoms. The Kier molecular flexibility index (Phi) is 21.0. The molecule has 0 aromatic carbocycles. The van der Waals surface area contributed by atoms with Crippen LogP contribution in [-0.2, 0) is 0 Å². The maximum absolute atomic E-state index is 3.25. The molecule has 138 valence electrons. The predicted molar refractivity (Wildman–Crippen MR) is 99.1 cm³/mol. The highest BCUT2D eigenvalue weighted by molar-refractivity contribution is 4.92. The summed E-state index contributed by atoms with van der Waals surface area (Å²) in [5.41, 5.74) is 0. The van der Waals surface area contributed by atoms with Crippen LogP contribution in [0.25, 0.3) is 0 Å². The van der Waals surface area contributed by atoms with Gasteiger partial charge >= 0.3 is 0 Å². The first-order valence-corrected chi connectivity index (χ1v) is 9.38. The standard InChI is InChI=1S/C21H34N.ClH.H2O/c1-2-3-4-5-6-7-8-9-10-11-12-13-14-16-19-22-20-17-15-18-21-22;;/h15,17-18,20-21H,2-14H2,1H3;1H;1H2/q+1;;/p-1. The molecule has 3 heteroatoms. The van der Waals surface area contributed by atoms with Crippen LogP contribution in [-0.4, -0.2) is 5.48 Å². The normalized spacial score (nSPS) is 9.38. The van der Waals surface area contributed by atoms with Crippen LogP contribution >= 0.6 is 0 Å². The van der Waals surface area contributed by atoms with E-state index in [1.165, 1.54) is 77.0 Å². The molecular weight excluding hydrogens is 318 g/mol. The zero-order valence-corrected chi connectivity index (χ0v) is 16.2. The van der Waals surface area contributed by atoms with E-state index in [0.29, 0.717) is 0 Å². The Hall–Kier alpha value is -1.04. The SMILES string of the molecule is CCCCCCCCCCCCCCC#C[n+]1ccccc1.O.[Cl-]. The van der Waals surface area contributed by atoms with Crippen LogP contribution in [0.5, 0.6) is 0 Å². The van der Waals surface area contributed by atoms with Crippen LogP contribution in [0, 0.1) is 12.0 Å². The van der Waals surface area contributed by atoms with Gasteiger partial charge in [-0.25, -0.2) is 0 Å². The Morgan fingerprint density at radius 3 is 1.62 bits per heavy atom. The maximum atomic E-state index is 3.25. The molecule has 0 amide bonds. The minimum absolute atomic E-state index is 0. The van der Waals surface area contributed by atoms with Crippen molar-refractivity contribution in [3.63, 3.8) is 0 Å². The quantitative estimate of drug-likeness (QED) is 0.313. The van der Waals surface area contributed by atoms with Gasteiger partial charge < -0.3 is 17.9 Å². The topological polar surface area (TPSA) is 35.4 Å². The Morgan fingerprint density at radius 1 is 0.667 bits per heavy atom. The monoisotopic (exact) mass is 353 g/mol. The third kappa shape index (κ3) is 15.8. The third-order valence-electron chi connectivity index (χ3n) is 4.08. The van der Waals surface area contributed by atoms with Gasteiger partial charge in [0.05, 0.1) is 0 Å². The van der Waals surface area contributed by atoms with E-state index in [2.05, 4.69) is 18.9 Å². The van der Waals surface area contributed by atoms with Gasteiger partial charge in [0.25, 0.3) is 0 Å². The summed E-state index contributed by atoms with van der Waals surface area (Å²) in [6.07, 6.45) is 21.8. The first-order chi connectivity index (χ1) is 10.9. The summed E-state index contributed by atoms with van der Waals surface area (Å²) in [7, 11) is 0. The van der Waals surface area contributed by atoms with Crippen molar-refractivity contribution in [1.82, 2.24) is 0 Å². The molecule has 1 heterocycles. The van der Waals surface area contributed by atoms with Gasteiger partial charge in [0.1, 0.15) is 0 Å². The number of aromatic nitrogens is 1.